The minimum Gasteiger partial charge on any atom is -0.462 e. The van der Waals surface area contributed by atoms with Crippen molar-refractivity contribution in [3.63, 3.8) is 0 Å². The number of hydrogen-bond acceptors (Lipinski definition) is 3. The standard InChI is InChI=1S/C22H43NO2/c1-8-13-17(3)20(18(9-2)16-23(7)22(4,5)6)25-21(24)19-14-11-10-12-15-19/h17-20H,8-16H2,1-7H3. The Morgan fingerprint density at radius 3 is 2.24 bits per heavy atom. The van der Waals surface area contributed by atoms with Crippen molar-refractivity contribution in [1.29, 1.82) is 0 Å². The van der Waals surface area contributed by atoms with Crippen molar-refractivity contribution in [3.05, 3.63) is 0 Å². The van der Waals surface area contributed by atoms with E-state index in [9.17, 15) is 4.79 Å². The van der Waals surface area contributed by atoms with Crippen LogP contribution < -0.4 is 0 Å². The third-order valence-corrected chi connectivity index (χ3v) is 6.14. The van der Waals surface area contributed by atoms with E-state index in [0.717, 1.165) is 38.6 Å². The summed E-state index contributed by atoms with van der Waals surface area (Å²) in [4.78, 5) is 15.2. The van der Waals surface area contributed by atoms with Gasteiger partial charge in [0, 0.05) is 18.0 Å². The Labute approximate surface area is 156 Å². The topological polar surface area (TPSA) is 29.5 Å². The van der Waals surface area contributed by atoms with Gasteiger partial charge in [-0.1, -0.05) is 46.5 Å². The maximum Gasteiger partial charge on any atom is 0.309 e. The van der Waals surface area contributed by atoms with Gasteiger partial charge in [-0.3, -0.25) is 4.79 Å². The number of hydrogen-bond donors (Lipinski definition) is 0. The lowest BCUT2D eigenvalue weighted by Gasteiger charge is -2.39. The maximum atomic E-state index is 12.8. The van der Waals surface area contributed by atoms with Crippen LogP contribution in [0.2, 0.25) is 0 Å². The van der Waals surface area contributed by atoms with Crippen molar-refractivity contribution in [1.82, 2.24) is 4.90 Å². The van der Waals surface area contributed by atoms with Gasteiger partial charge in [0.05, 0.1) is 5.92 Å². The summed E-state index contributed by atoms with van der Waals surface area (Å²) in [5.74, 6) is 1.04. The zero-order valence-corrected chi connectivity index (χ0v) is 17.9. The molecule has 3 unspecified atom stereocenters. The first-order chi connectivity index (χ1) is 11.7. The molecule has 0 aromatic carbocycles. The van der Waals surface area contributed by atoms with Crippen LogP contribution in [-0.2, 0) is 9.53 Å². The van der Waals surface area contributed by atoms with Crippen molar-refractivity contribution < 1.29 is 9.53 Å². The van der Waals surface area contributed by atoms with Gasteiger partial charge >= 0.3 is 5.97 Å². The molecule has 1 fully saturated rings. The molecule has 3 heteroatoms. The molecule has 0 spiro atoms. The summed E-state index contributed by atoms with van der Waals surface area (Å²) in [6.45, 7) is 14.5. The number of rotatable bonds is 9. The molecule has 0 aliphatic heterocycles. The molecule has 1 aliphatic carbocycles. The molecule has 1 saturated carbocycles. The summed E-state index contributed by atoms with van der Waals surface area (Å²) in [7, 11) is 2.19. The van der Waals surface area contributed by atoms with Gasteiger partial charge in [-0.15, -0.1) is 0 Å². The Bertz CT molecular complexity index is 382. The molecule has 0 heterocycles. The summed E-state index contributed by atoms with van der Waals surface area (Å²) < 4.78 is 6.21. The van der Waals surface area contributed by atoms with E-state index in [2.05, 4.69) is 53.5 Å². The van der Waals surface area contributed by atoms with Crippen LogP contribution in [0.15, 0.2) is 0 Å². The molecule has 0 aromatic rings. The molecular formula is C22H43NO2. The fourth-order valence-electron chi connectivity index (χ4n) is 3.96. The first kappa shape index (κ1) is 22.5. The highest BCUT2D eigenvalue weighted by molar-refractivity contribution is 5.72. The summed E-state index contributed by atoms with van der Waals surface area (Å²) >= 11 is 0. The average Bonchev–Trinajstić information content (AvgIpc) is 2.57. The van der Waals surface area contributed by atoms with Crippen LogP contribution in [0.25, 0.3) is 0 Å². The average molecular weight is 354 g/mol. The van der Waals surface area contributed by atoms with Crippen molar-refractivity contribution in [2.24, 2.45) is 17.8 Å². The van der Waals surface area contributed by atoms with Crippen LogP contribution in [-0.4, -0.2) is 36.1 Å². The highest BCUT2D eigenvalue weighted by Gasteiger charge is 2.34. The molecule has 0 bridgehead atoms. The van der Waals surface area contributed by atoms with Gasteiger partial charge in [0.1, 0.15) is 6.10 Å². The molecule has 0 radical (unpaired) electrons. The van der Waals surface area contributed by atoms with Crippen molar-refractivity contribution in [3.8, 4) is 0 Å². The van der Waals surface area contributed by atoms with E-state index in [1.165, 1.54) is 19.3 Å². The molecule has 1 aliphatic rings. The first-order valence-corrected chi connectivity index (χ1v) is 10.6. The van der Waals surface area contributed by atoms with Gasteiger partial charge in [-0.2, -0.15) is 0 Å². The normalized spacial score (nSPS) is 20.3. The zero-order chi connectivity index (χ0) is 19.0. The zero-order valence-electron chi connectivity index (χ0n) is 17.9. The van der Waals surface area contributed by atoms with Gasteiger partial charge in [-0.25, -0.2) is 0 Å². The second-order valence-electron chi connectivity index (χ2n) is 9.22. The van der Waals surface area contributed by atoms with Crippen molar-refractivity contribution in [2.45, 2.75) is 105 Å². The van der Waals surface area contributed by atoms with E-state index < -0.39 is 0 Å². The van der Waals surface area contributed by atoms with Gasteiger partial charge in [0.2, 0.25) is 0 Å². The van der Waals surface area contributed by atoms with Crippen molar-refractivity contribution in [2.75, 3.05) is 13.6 Å². The lowest BCUT2D eigenvalue weighted by molar-refractivity contribution is -0.162. The number of carbonyl (C=O) groups excluding carboxylic acids is 1. The highest BCUT2D eigenvalue weighted by Crippen LogP contribution is 2.30. The molecule has 0 amide bonds. The Morgan fingerprint density at radius 1 is 1.16 bits per heavy atom. The number of ether oxygens (including phenoxy) is 1. The molecular weight excluding hydrogens is 310 g/mol. The van der Waals surface area contributed by atoms with Gasteiger partial charge < -0.3 is 9.64 Å². The van der Waals surface area contributed by atoms with E-state index in [4.69, 9.17) is 4.74 Å². The molecule has 148 valence electrons. The smallest absolute Gasteiger partial charge is 0.309 e. The largest absolute Gasteiger partial charge is 0.462 e. The molecule has 0 aromatic heterocycles. The molecule has 0 N–H and O–H groups in total. The summed E-state index contributed by atoms with van der Waals surface area (Å²) in [6, 6.07) is 0. The van der Waals surface area contributed by atoms with E-state index in [-0.39, 0.29) is 23.5 Å². The minimum atomic E-state index is 0.0455. The molecule has 3 atom stereocenters. The Balaban J connectivity index is 2.83. The lowest BCUT2D eigenvalue weighted by atomic mass is 9.85. The first-order valence-electron chi connectivity index (χ1n) is 10.6. The summed E-state index contributed by atoms with van der Waals surface area (Å²) in [6.07, 6.45) is 9.04. The van der Waals surface area contributed by atoms with Crippen LogP contribution in [0.4, 0.5) is 0 Å². The fourth-order valence-corrected chi connectivity index (χ4v) is 3.96. The number of carbonyl (C=O) groups is 1. The monoisotopic (exact) mass is 353 g/mol. The van der Waals surface area contributed by atoms with Gasteiger partial charge in [-0.05, 0) is 59.4 Å². The van der Waals surface area contributed by atoms with Crippen molar-refractivity contribution >= 4 is 5.97 Å². The van der Waals surface area contributed by atoms with E-state index in [0.29, 0.717) is 11.8 Å². The third kappa shape index (κ3) is 7.29. The third-order valence-electron chi connectivity index (χ3n) is 6.14. The molecule has 1 rings (SSSR count). The molecule has 3 nitrogen and oxygen atoms in total. The lowest BCUT2D eigenvalue weighted by Crippen LogP contribution is -2.46. The van der Waals surface area contributed by atoms with Crippen LogP contribution in [0.1, 0.15) is 92.9 Å². The Kier molecular flexibility index (Phi) is 9.48. The Morgan fingerprint density at radius 2 is 1.76 bits per heavy atom. The Hall–Kier alpha value is -0.570. The van der Waals surface area contributed by atoms with Gasteiger partial charge in [0.25, 0.3) is 0 Å². The van der Waals surface area contributed by atoms with Crippen LogP contribution in [0, 0.1) is 17.8 Å². The summed E-state index contributed by atoms with van der Waals surface area (Å²) in [5, 5.41) is 0. The summed E-state index contributed by atoms with van der Waals surface area (Å²) in [5.41, 5.74) is 0.138. The minimum absolute atomic E-state index is 0.0455. The van der Waals surface area contributed by atoms with E-state index >= 15 is 0 Å². The second-order valence-corrected chi connectivity index (χ2v) is 9.22. The highest BCUT2D eigenvalue weighted by atomic mass is 16.5. The number of nitrogens with zero attached hydrogens (tertiary/aromatic N) is 1. The molecule has 25 heavy (non-hydrogen) atoms. The molecule has 0 saturated heterocycles. The van der Waals surface area contributed by atoms with E-state index in [1.807, 2.05) is 0 Å². The van der Waals surface area contributed by atoms with Crippen LogP contribution in [0.5, 0.6) is 0 Å². The van der Waals surface area contributed by atoms with Crippen LogP contribution >= 0.6 is 0 Å². The number of esters is 1. The van der Waals surface area contributed by atoms with Gasteiger partial charge in [0.15, 0.2) is 0 Å². The predicted molar refractivity (Wildman–Crippen MR) is 107 cm³/mol. The van der Waals surface area contributed by atoms with Crippen LogP contribution in [0.3, 0.4) is 0 Å². The fraction of sp³-hybridized carbons (Fsp3) is 0.955. The second kappa shape index (κ2) is 10.5. The maximum absolute atomic E-state index is 12.8. The quantitative estimate of drug-likeness (QED) is 0.500. The van der Waals surface area contributed by atoms with E-state index in [1.54, 1.807) is 0 Å². The predicted octanol–water partition coefficient (Wildman–Crippen LogP) is 5.67. The SMILES string of the molecule is CCCC(C)C(OC(=O)C1CCCCC1)C(CC)CN(C)C(C)(C)C.